The third-order valence-corrected chi connectivity index (χ3v) is 11.9. The minimum absolute atomic E-state index is 0.0165. The highest BCUT2D eigenvalue weighted by Crippen LogP contribution is 2.44. The molecule has 20 nitrogen and oxygen atoms in total. The van der Waals surface area contributed by atoms with E-state index in [1.165, 1.54) is 7.05 Å². The first kappa shape index (κ1) is 44.9. The van der Waals surface area contributed by atoms with E-state index in [1.807, 2.05) is 30.3 Å². The van der Waals surface area contributed by atoms with Gasteiger partial charge in [0.05, 0.1) is 6.04 Å². The predicted molar refractivity (Wildman–Crippen MR) is 226 cm³/mol. The molecule has 1 aliphatic carbocycles. The maximum atomic E-state index is 15.0. The number of fused-ring (bicyclic) bond motifs is 1. The van der Waals surface area contributed by atoms with Crippen molar-refractivity contribution >= 4 is 64.5 Å². The minimum atomic E-state index is -1.86. The summed E-state index contributed by atoms with van der Waals surface area (Å²) in [4.78, 5) is 113. The molecule has 3 aliphatic rings. The Morgan fingerprint density at radius 2 is 1.68 bits per heavy atom. The van der Waals surface area contributed by atoms with Crippen LogP contribution in [0.2, 0.25) is 0 Å². The fourth-order valence-corrected chi connectivity index (χ4v) is 8.47. The third kappa shape index (κ3) is 9.76. The maximum Gasteiger partial charge on any atom is 0.325 e. The quantitative estimate of drug-likeness (QED) is 0.0339. The molecule has 13 N–H and O–H groups in total. The van der Waals surface area contributed by atoms with Gasteiger partial charge in [-0.25, -0.2) is 9.69 Å². The van der Waals surface area contributed by atoms with E-state index >= 15 is 0 Å². The third-order valence-electron chi connectivity index (χ3n) is 11.9. The number of para-hydroxylation sites is 1. The summed E-state index contributed by atoms with van der Waals surface area (Å²) in [6.07, 6.45) is 2.84. The Morgan fingerprint density at radius 1 is 0.952 bits per heavy atom. The number of nitrogens with two attached hydrogens (primary N) is 2. The van der Waals surface area contributed by atoms with Gasteiger partial charge in [0, 0.05) is 36.5 Å². The summed E-state index contributed by atoms with van der Waals surface area (Å²) in [5, 5.41) is 28.2. The standard InChI is InChI=1S/C42H54N12O8/c1-46-33-36(59)52-30(20-25-22-48-28-12-6-5-11-27(25)28)35(58)51-29(34(43)57)13-7-8-17-49-42(33,16-18-47-39(44)45)32(56)21-31-37(60)54(40(62)53-31)41(14-15-41)38(61)50-26(23-55)19-24-9-3-2-4-10-24/h2-6,9-12,22-23,26,29-31,33,46,48-49H,7-8,13-21H2,1H3,(H2,43,57)(H,50,61)(H,51,58)(H,52,59)(H,53,62)(H4,44,45,47)/t26-,29+,30+,31+,33?,42+/m1/s1. The van der Waals surface area contributed by atoms with E-state index in [9.17, 15) is 38.4 Å². The lowest BCUT2D eigenvalue weighted by atomic mass is 9.78. The number of rotatable bonds is 16. The zero-order valence-electron chi connectivity index (χ0n) is 34.4. The Kier molecular flexibility index (Phi) is 14.0. The number of aromatic amines is 1. The molecule has 3 heterocycles. The van der Waals surface area contributed by atoms with Crippen molar-refractivity contribution in [3.63, 3.8) is 0 Å². The molecular weight excluding hydrogens is 801 g/mol. The number of aldehydes is 1. The Hall–Kier alpha value is -6.67. The van der Waals surface area contributed by atoms with Gasteiger partial charge in [0.15, 0.2) is 11.7 Å². The smallest absolute Gasteiger partial charge is 0.325 e. The molecule has 0 radical (unpaired) electrons. The molecule has 6 rings (SSSR count). The number of benzene rings is 2. The van der Waals surface area contributed by atoms with Gasteiger partial charge in [-0.3, -0.25) is 34.2 Å². The van der Waals surface area contributed by atoms with Gasteiger partial charge in [-0.05, 0) is 75.7 Å². The van der Waals surface area contributed by atoms with E-state index in [4.69, 9.17) is 16.9 Å². The SMILES string of the molecule is CNC1C(=O)N[C@@H](Cc2c[nH]c3ccccc23)C(=O)N[C@H](C(N)=O)CCCCN[C@@]1(CCNC(=N)N)C(=O)C[C@@H]1NC(=O)N(C2(C(=O)N[C@@H](C=O)Cc3ccccc3)CC2)C1=O. The first-order chi connectivity index (χ1) is 29.7. The van der Waals surface area contributed by atoms with Crippen LogP contribution in [0.1, 0.15) is 56.1 Å². The van der Waals surface area contributed by atoms with Crippen LogP contribution in [0.5, 0.6) is 0 Å². The fourth-order valence-electron chi connectivity index (χ4n) is 8.47. The fraction of sp³-hybridized carbons (Fsp3) is 0.452. The average molecular weight is 855 g/mol. The van der Waals surface area contributed by atoms with Crippen molar-refractivity contribution in [2.75, 3.05) is 20.1 Å². The number of nitrogens with one attached hydrogen (secondary N) is 9. The van der Waals surface area contributed by atoms with Crippen molar-refractivity contribution in [3.05, 3.63) is 71.9 Å². The van der Waals surface area contributed by atoms with Crippen LogP contribution in [-0.2, 0) is 46.4 Å². The van der Waals surface area contributed by atoms with E-state index in [0.29, 0.717) is 24.7 Å². The molecular formula is C42H54N12O8. The van der Waals surface area contributed by atoms with Crippen LogP contribution < -0.4 is 48.7 Å². The van der Waals surface area contributed by atoms with Crippen molar-refractivity contribution in [1.29, 1.82) is 5.41 Å². The number of imide groups is 1. The Labute approximate surface area is 357 Å². The van der Waals surface area contributed by atoms with Crippen LogP contribution in [0.25, 0.3) is 10.9 Å². The van der Waals surface area contributed by atoms with Crippen LogP contribution in [-0.4, -0.2) is 125 Å². The zero-order chi connectivity index (χ0) is 44.6. The predicted octanol–water partition coefficient (Wildman–Crippen LogP) is -1.52. The van der Waals surface area contributed by atoms with Crippen molar-refractivity contribution in [2.45, 2.75) is 99.1 Å². The summed E-state index contributed by atoms with van der Waals surface area (Å²) in [5.74, 6) is -4.82. The number of aromatic nitrogens is 1. The van der Waals surface area contributed by atoms with E-state index in [1.54, 1.807) is 30.5 Å². The van der Waals surface area contributed by atoms with Crippen LogP contribution in [0.4, 0.5) is 4.79 Å². The molecule has 1 unspecified atom stereocenters. The highest BCUT2D eigenvalue weighted by atomic mass is 16.2. The van der Waals surface area contributed by atoms with Gasteiger partial charge in [-0.15, -0.1) is 0 Å². The van der Waals surface area contributed by atoms with E-state index in [2.05, 4.69) is 42.2 Å². The molecule has 7 amide bonds. The van der Waals surface area contributed by atoms with Gasteiger partial charge in [0.25, 0.3) is 5.91 Å². The summed E-state index contributed by atoms with van der Waals surface area (Å²) >= 11 is 0. The second-order valence-electron chi connectivity index (χ2n) is 16.0. The number of likely N-dealkylation sites (N-methyl/N-ethyl adjacent to an activating group) is 1. The van der Waals surface area contributed by atoms with Gasteiger partial charge in [-0.2, -0.15) is 0 Å². The Balaban J connectivity index is 1.28. The number of carbonyl (C=O) groups excluding carboxylic acids is 8. The molecule has 1 aromatic heterocycles. The average Bonchev–Trinajstić information content (AvgIpc) is 3.86. The maximum absolute atomic E-state index is 15.0. The lowest BCUT2D eigenvalue weighted by Gasteiger charge is -2.40. The molecule has 1 saturated carbocycles. The molecule has 20 heteroatoms. The zero-order valence-corrected chi connectivity index (χ0v) is 34.4. The molecule has 3 fully saturated rings. The second-order valence-corrected chi connectivity index (χ2v) is 16.0. The van der Waals surface area contributed by atoms with Gasteiger partial charge in [-0.1, -0.05) is 48.5 Å². The Bertz CT molecular complexity index is 2210. The number of nitrogens with zero attached hydrogens (tertiary/aromatic N) is 1. The van der Waals surface area contributed by atoms with E-state index in [0.717, 1.165) is 21.4 Å². The number of H-pyrrole nitrogens is 1. The number of guanidine groups is 1. The number of Topliss-reactive ketones (excluding diaryl/α,β-unsaturated/α-hetero) is 1. The van der Waals surface area contributed by atoms with Crippen LogP contribution >= 0.6 is 0 Å². The van der Waals surface area contributed by atoms with Gasteiger partial charge < -0.3 is 58.5 Å². The molecule has 6 atom stereocenters. The number of primary amides is 1. The summed E-state index contributed by atoms with van der Waals surface area (Å²) in [6.45, 7) is 0.0144. The van der Waals surface area contributed by atoms with Crippen molar-refractivity contribution in [2.24, 2.45) is 11.5 Å². The topological polar surface area (TPSA) is 316 Å². The summed E-state index contributed by atoms with van der Waals surface area (Å²) in [7, 11) is 1.45. The van der Waals surface area contributed by atoms with Gasteiger partial charge in [0.2, 0.25) is 23.6 Å². The second kappa shape index (κ2) is 19.4. The number of urea groups is 1. The number of ketones is 1. The Morgan fingerprint density at radius 3 is 2.35 bits per heavy atom. The molecule has 2 aromatic carbocycles. The normalized spacial score (nSPS) is 24.6. The molecule has 330 valence electrons. The molecule has 2 aliphatic heterocycles. The lowest BCUT2D eigenvalue weighted by molar-refractivity contribution is -0.140. The highest BCUT2D eigenvalue weighted by Gasteiger charge is 2.63. The number of amides is 7. The highest BCUT2D eigenvalue weighted by molar-refractivity contribution is 6.12. The largest absolute Gasteiger partial charge is 0.370 e. The number of carbonyl (C=O) groups is 8. The summed E-state index contributed by atoms with van der Waals surface area (Å²) < 4.78 is 0. The molecule has 0 bridgehead atoms. The number of hydrogen-bond donors (Lipinski definition) is 11. The van der Waals surface area contributed by atoms with E-state index < -0.39 is 95.0 Å². The van der Waals surface area contributed by atoms with Crippen LogP contribution in [0, 0.1) is 5.41 Å². The summed E-state index contributed by atoms with van der Waals surface area (Å²) in [6, 6.07) is 9.40. The number of hydrogen-bond acceptors (Lipinski definition) is 11. The summed E-state index contributed by atoms with van der Waals surface area (Å²) in [5.41, 5.74) is 10.2. The van der Waals surface area contributed by atoms with Gasteiger partial charge >= 0.3 is 6.03 Å². The first-order valence-corrected chi connectivity index (χ1v) is 20.7. The van der Waals surface area contributed by atoms with Crippen molar-refractivity contribution < 1.29 is 38.4 Å². The van der Waals surface area contributed by atoms with E-state index in [-0.39, 0.29) is 51.6 Å². The molecule has 3 aromatic rings. The lowest BCUT2D eigenvalue weighted by Crippen LogP contribution is -2.71. The first-order valence-electron chi connectivity index (χ1n) is 20.7. The van der Waals surface area contributed by atoms with Gasteiger partial charge in [0.1, 0.15) is 41.5 Å². The minimum Gasteiger partial charge on any atom is -0.370 e. The van der Waals surface area contributed by atoms with Crippen molar-refractivity contribution in [3.8, 4) is 0 Å². The van der Waals surface area contributed by atoms with Crippen LogP contribution in [0.3, 0.4) is 0 Å². The molecule has 2 saturated heterocycles. The van der Waals surface area contributed by atoms with Crippen LogP contribution in [0.15, 0.2) is 60.8 Å². The monoisotopic (exact) mass is 854 g/mol. The molecule has 0 spiro atoms. The van der Waals surface area contributed by atoms with Crippen molar-refractivity contribution in [1.82, 2.24) is 47.1 Å². The molecule has 62 heavy (non-hydrogen) atoms.